The number of hydrogen-bond acceptors (Lipinski definition) is 3. The number of aromatic amines is 1. The molecule has 1 aromatic heterocycles. The fourth-order valence-electron chi connectivity index (χ4n) is 0.826. The minimum Gasteiger partial charge on any atom is -0.466 e. The first-order valence-electron chi connectivity index (χ1n) is 3.66. The summed E-state index contributed by atoms with van der Waals surface area (Å²) in [4.78, 5) is 23.7. The van der Waals surface area contributed by atoms with Crippen LogP contribution in [0.3, 0.4) is 0 Å². The fraction of sp³-hybridized carbons (Fsp3) is 0.111. The predicted molar refractivity (Wildman–Crippen MR) is 47.2 cm³/mol. The van der Waals surface area contributed by atoms with Crippen LogP contribution in [0.15, 0.2) is 18.3 Å². The maximum atomic E-state index is 10.7. The maximum absolute atomic E-state index is 10.7. The molecule has 0 fully saturated rings. The Morgan fingerprint density at radius 2 is 2.38 bits per heavy atom. The number of rotatable bonds is 3. The lowest BCUT2D eigenvalue weighted by molar-refractivity contribution is -0.134. The molecule has 1 heterocycles. The molecule has 4 nitrogen and oxygen atoms in total. The summed E-state index contributed by atoms with van der Waals surface area (Å²) in [6.07, 6.45) is 5.19. The minimum absolute atomic E-state index is 0.422. The van der Waals surface area contributed by atoms with Gasteiger partial charge in [-0.25, -0.2) is 4.79 Å². The summed E-state index contributed by atoms with van der Waals surface area (Å²) in [5, 5.41) is 0. The second-order valence-electron chi connectivity index (χ2n) is 2.36. The highest BCUT2D eigenvalue weighted by atomic mass is 16.5. The van der Waals surface area contributed by atoms with E-state index in [9.17, 15) is 9.59 Å². The van der Waals surface area contributed by atoms with Gasteiger partial charge in [-0.05, 0) is 17.7 Å². The summed E-state index contributed by atoms with van der Waals surface area (Å²) in [6, 6.07) is 1.63. The molecule has 0 atom stereocenters. The van der Waals surface area contributed by atoms with E-state index < -0.39 is 5.97 Å². The van der Waals surface area contributed by atoms with Crippen molar-refractivity contribution in [2.75, 3.05) is 7.11 Å². The lowest BCUT2D eigenvalue weighted by Crippen LogP contribution is -1.92. The predicted octanol–water partition coefficient (Wildman–Crippen LogP) is 1.01. The number of aromatic nitrogens is 1. The van der Waals surface area contributed by atoms with E-state index in [2.05, 4.69) is 9.72 Å². The molecule has 0 unspecified atom stereocenters. The van der Waals surface area contributed by atoms with E-state index in [1.165, 1.54) is 13.2 Å². The molecule has 0 aliphatic rings. The van der Waals surface area contributed by atoms with E-state index in [4.69, 9.17) is 0 Å². The van der Waals surface area contributed by atoms with Gasteiger partial charge in [0.25, 0.3) is 0 Å². The van der Waals surface area contributed by atoms with Crippen LogP contribution in [0, 0.1) is 0 Å². The molecule has 1 N–H and O–H groups in total. The monoisotopic (exact) mass is 179 g/mol. The zero-order valence-corrected chi connectivity index (χ0v) is 7.11. The van der Waals surface area contributed by atoms with Gasteiger partial charge in [-0.15, -0.1) is 0 Å². The molecule has 0 saturated heterocycles. The Hall–Kier alpha value is -1.84. The van der Waals surface area contributed by atoms with Crippen LogP contribution in [0.4, 0.5) is 0 Å². The lowest BCUT2D eigenvalue weighted by atomic mass is 10.3. The average molecular weight is 179 g/mol. The molecule has 1 aromatic rings. The number of hydrogen-bond donors (Lipinski definition) is 1. The van der Waals surface area contributed by atoms with Gasteiger partial charge in [0.1, 0.15) is 0 Å². The maximum Gasteiger partial charge on any atom is 0.330 e. The van der Waals surface area contributed by atoms with Crippen LogP contribution in [-0.4, -0.2) is 24.3 Å². The quantitative estimate of drug-likeness (QED) is 0.428. The summed E-state index contributed by atoms with van der Waals surface area (Å²) in [6.45, 7) is 0. The molecule has 0 aliphatic heterocycles. The summed E-state index contributed by atoms with van der Waals surface area (Å²) in [5.41, 5.74) is 1.23. The zero-order valence-electron chi connectivity index (χ0n) is 7.11. The summed E-state index contributed by atoms with van der Waals surface area (Å²) in [5.74, 6) is -0.422. The molecule has 0 bridgehead atoms. The molecular formula is C9H9NO3. The largest absolute Gasteiger partial charge is 0.466 e. The van der Waals surface area contributed by atoms with Crippen molar-refractivity contribution in [2.45, 2.75) is 0 Å². The van der Waals surface area contributed by atoms with Crippen molar-refractivity contribution in [1.29, 1.82) is 0 Å². The molecule has 0 aromatic carbocycles. The van der Waals surface area contributed by atoms with Crippen LogP contribution in [0.2, 0.25) is 0 Å². The van der Waals surface area contributed by atoms with Gasteiger partial charge in [-0.2, -0.15) is 0 Å². The topological polar surface area (TPSA) is 59.2 Å². The molecule has 13 heavy (non-hydrogen) atoms. The third-order valence-electron chi connectivity index (χ3n) is 1.47. The Labute approximate surface area is 75.2 Å². The number of carbonyl (C=O) groups is 2. The highest BCUT2D eigenvalue weighted by Gasteiger charge is 1.95. The molecule has 4 heteroatoms. The van der Waals surface area contributed by atoms with Crippen molar-refractivity contribution < 1.29 is 14.3 Å². The number of nitrogens with one attached hydrogen (secondary N) is 1. The van der Waals surface area contributed by atoms with Crippen LogP contribution in [-0.2, 0) is 9.53 Å². The molecule has 0 amide bonds. The number of H-pyrrole nitrogens is 1. The van der Waals surface area contributed by atoms with E-state index >= 15 is 0 Å². The molecule has 68 valence electrons. The highest BCUT2D eigenvalue weighted by molar-refractivity contribution is 5.87. The first kappa shape index (κ1) is 9.25. The molecule has 1 rings (SSSR count). The molecule has 0 radical (unpaired) electrons. The highest BCUT2D eigenvalue weighted by Crippen LogP contribution is 2.03. The van der Waals surface area contributed by atoms with E-state index in [-0.39, 0.29) is 0 Å². The second-order valence-corrected chi connectivity index (χ2v) is 2.36. The Morgan fingerprint density at radius 1 is 1.62 bits per heavy atom. The SMILES string of the molecule is COC(=O)/C=C/c1c[nH]c(C=O)c1. The van der Waals surface area contributed by atoms with Crippen LogP contribution in [0.25, 0.3) is 6.08 Å². The summed E-state index contributed by atoms with van der Waals surface area (Å²) in [7, 11) is 1.31. The van der Waals surface area contributed by atoms with E-state index in [1.807, 2.05) is 0 Å². The second kappa shape index (κ2) is 4.25. The lowest BCUT2D eigenvalue weighted by Gasteiger charge is -1.87. The van der Waals surface area contributed by atoms with Crippen LogP contribution in [0.5, 0.6) is 0 Å². The first-order chi connectivity index (χ1) is 6.26. The van der Waals surface area contributed by atoms with Gasteiger partial charge in [0.05, 0.1) is 12.8 Å². The van der Waals surface area contributed by atoms with Crippen LogP contribution in [0.1, 0.15) is 16.1 Å². The first-order valence-corrected chi connectivity index (χ1v) is 3.66. The van der Waals surface area contributed by atoms with Gasteiger partial charge in [0.15, 0.2) is 6.29 Å². The zero-order chi connectivity index (χ0) is 9.68. The minimum atomic E-state index is -0.422. The Balaban J connectivity index is 2.68. The Bertz CT molecular complexity index is 338. The summed E-state index contributed by atoms with van der Waals surface area (Å²) >= 11 is 0. The van der Waals surface area contributed by atoms with E-state index in [0.29, 0.717) is 12.0 Å². The molecule has 0 spiro atoms. The van der Waals surface area contributed by atoms with Gasteiger partial charge < -0.3 is 9.72 Å². The third-order valence-corrected chi connectivity index (χ3v) is 1.47. The number of esters is 1. The molecular weight excluding hydrogens is 170 g/mol. The van der Waals surface area contributed by atoms with Gasteiger partial charge in [-0.1, -0.05) is 0 Å². The normalized spacial score (nSPS) is 10.2. The van der Waals surface area contributed by atoms with Gasteiger partial charge in [-0.3, -0.25) is 4.79 Å². The number of methoxy groups -OCH3 is 1. The van der Waals surface area contributed by atoms with E-state index in [0.717, 1.165) is 5.56 Å². The molecule has 0 saturated carbocycles. The summed E-state index contributed by atoms with van der Waals surface area (Å²) < 4.78 is 4.40. The van der Waals surface area contributed by atoms with Gasteiger partial charge >= 0.3 is 5.97 Å². The number of carbonyl (C=O) groups excluding carboxylic acids is 2. The van der Waals surface area contributed by atoms with Gasteiger partial charge in [0.2, 0.25) is 0 Å². The van der Waals surface area contributed by atoms with Crippen LogP contribution >= 0.6 is 0 Å². The van der Waals surface area contributed by atoms with Crippen molar-refractivity contribution in [3.8, 4) is 0 Å². The van der Waals surface area contributed by atoms with Crippen molar-refractivity contribution in [1.82, 2.24) is 4.98 Å². The number of ether oxygens (including phenoxy) is 1. The smallest absolute Gasteiger partial charge is 0.330 e. The van der Waals surface area contributed by atoms with Crippen LogP contribution < -0.4 is 0 Å². The standard InChI is InChI=1S/C9H9NO3/c1-13-9(12)3-2-7-4-8(6-11)10-5-7/h2-6,10H,1H3/b3-2+. The number of aldehydes is 1. The Kier molecular flexibility index (Phi) is 3.03. The van der Waals surface area contributed by atoms with Crippen molar-refractivity contribution >= 4 is 18.3 Å². The average Bonchev–Trinajstić information content (AvgIpc) is 2.61. The fourth-order valence-corrected chi connectivity index (χ4v) is 0.826. The van der Waals surface area contributed by atoms with Crippen molar-refractivity contribution in [2.24, 2.45) is 0 Å². The molecule has 0 aliphatic carbocycles. The van der Waals surface area contributed by atoms with Crippen molar-refractivity contribution in [3.63, 3.8) is 0 Å². The van der Waals surface area contributed by atoms with E-state index in [1.54, 1.807) is 18.3 Å². The third kappa shape index (κ3) is 2.59. The van der Waals surface area contributed by atoms with Gasteiger partial charge in [0, 0.05) is 12.3 Å². The Morgan fingerprint density at radius 3 is 2.92 bits per heavy atom. The van der Waals surface area contributed by atoms with Crippen molar-refractivity contribution in [3.05, 3.63) is 29.6 Å².